The van der Waals surface area contributed by atoms with Crippen molar-refractivity contribution in [3.63, 3.8) is 0 Å². The molecule has 3 aromatic rings. The Labute approximate surface area is 185 Å². The summed E-state index contributed by atoms with van der Waals surface area (Å²) in [6.45, 7) is 0.133. The quantitative estimate of drug-likeness (QED) is 0.530. The molecule has 1 aliphatic rings. The van der Waals surface area contributed by atoms with E-state index in [9.17, 15) is 14.7 Å². The van der Waals surface area contributed by atoms with Crippen LogP contribution in [-0.2, 0) is 14.3 Å². The van der Waals surface area contributed by atoms with Crippen molar-refractivity contribution in [3.05, 3.63) is 94.5 Å². The number of hydrogen-bond acceptors (Lipinski definition) is 4. The number of carboxylic acids is 1. The fourth-order valence-corrected chi connectivity index (χ4v) is 4.53. The van der Waals surface area contributed by atoms with Gasteiger partial charge in [-0.2, -0.15) is 0 Å². The van der Waals surface area contributed by atoms with Gasteiger partial charge in [0.05, 0.1) is 12.3 Å². The van der Waals surface area contributed by atoms with Crippen molar-refractivity contribution in [3.8, 4) is 11.1 Å². The second-order valence-corrected chi connectivity index (χ2v) is 8.03. The number of carbonyl (C=O) groups is 2. The van der Waals surface area contributed by atoms with Gasteiger partial charge >= 0.3 is 11.9 Å². The summed E-state index contributed by atoms with van der Waals surface area (Å²) in [6.07, 6.45) is -0.375. The normalized spacial score (nSPS) is 14.4. The van der Waals surface area contributed by atoms with Crippen molar-refractivity contribution in [1.29, 1.82) is 0 Å². The summed E-state index contributed by atoms with van der Waals surface area (Å²) in [5, 5.41) is 9.54. The zero-order valence-electron chi connectivity index (χ0n) is 16.7. The molecule has 3 aromatic carbocycles. The van der Waals surface area contributed by atoms with E-state index in [1.54, 1.807) is 24.3 Å². The number of benzene rings is 3. The molecule has 0 fully saturated rings. The maximum Gasteiger partial charge on any atom is 0.315 e. The van der Waals surface area contributed by atoms with Crippen LogP contribution in [0.15, 0.2) is 72.8 Å². The van der Waals surface area contributed by atoms with E-state index in [-0.39, 0.29) is 18.9 Å². The second-order valence-electron chi connectivity index (χ2n) is 7.62. The molecule has 4 rings (SSSR count). The highest BCUT2D eigenvalue weighted by Crippen LogP contribution is 2.44. The molecule has 0 unspecified atom stereocenters. The molecule has 0 amide bonds. The van der Waals surface area contributed by atoms with Crippen LogP contribution in [0.1, 0.15) is 34.9 Å². The number of hydrogen-bond donors (Lipinski definition) is 2. The topological polar surface area (TPSA) is 89.6 Å². The van der Waals surface area contributed by atoms with Crippen LogP contribution >= 0.6 is 11.6 Å². The number of fused-ring (bicyclic) bond motifs is 3. The summed E-state index contributed by atoms with van der Waals surface area (Å²) in [4.78, 5) is 24.4. The molecular formula is C25H22ClNO4. The Kier molecular flexibility index (Phi) is 6.07. The standard InChI is InChI=1S/C25H22ClNO4/c26-21-12-6-5-11-19(21)24(22(27)13-23(28)29)25(30)31-14-20-17-9-3-1-7-15(17)16-8-2-4-10-18(16)20/h1-12,20,22,24H,13-14,27H2,(H,28,29)/t22-,24-/m0/s1. The number of esters is 1. The Morgan fingerprint density at radius 3 is 2.06 bits per heavy atom. The molecule has 0 saturated carbocycles. The van der Waals surface area contributed by atoms with Crippen LogP contribution in [0.3, 0.4) is 0 Å². The molecule has 5 nitrogen and oxygen atoms in total. The number of carboxylic acid groups (broad SMARTS) is 1. The summed E-state index contributed by atoms with van der Waals surface area (Å²) in [5.41, 5.74) is 11.0. The first kappa shape index (κ1) is 21.1. The van der Waals surface area contributed by atoms with Gasteiger partial charge in [0, 0.05) is 17.0 Å². The fraction of sp³-hybridized carbons (Fsp3) is 0.200. The van der Waals surface area contributed by atoms with Gasteiger partial charge in [0.2, 0.25) is 0 Å². The van der Waals surface area contributed by atoms with Crippen LogP contribution in [0.4, 0.5) is 0 Å². The van der Waals surface area contributed by atoms with E-state index >= 15 is 0 Å². The summed E-state index contributed by atoms with van der Waals surface area (Å²) < 4.78 is 5.74. The minimum atomic E-state index is -1.09. The highest BCUT2D eigenvalue weighted by Gasteiger charge is 2.34. The molecule has 1 aliphatic carbocycles. The summed E-state index contributed by atoms with van der Waals surface area (Å²) in [7, 11) is 0. The van der Waals surface area contributed by atoms with Gasteiger partial charge in [-0.3, -0.25) is 9.59 Å². The summed E-state index contributed by atoms with van der Waals surface area (Å²) in [5.74, 6) is -2.74. The molecule has 0 heterocycles. The fourth-order valence-electron chi connectivity index (χ4n) is 4.27. The summed E-state index contributed by atoms with van der Waals surface area (Å²) in [6, 6.07) is 21.9. The highest BCUT2D eigenvalue weighted by molar-refractivity contribution is 6.31. The Hall–Kier alpha value is -3.15. The van der Waals surface area contributed by atoms with E-state index in [1.165, 1.54) is 0 Å². The third kappa shape index (κ3) is 4.20. The molecule has 2 atom stereocenters. The lowest BCUT2D eigenvalue weighted by molar-refractivity contribution is -0.146. The molecule has 6 heteroatoms. The van der Waals surface area contributed by atoms with E-state index in [0.29, 0.717) is 10.6 Å². The van der Waals surface area contributed by atoms with Crippen molar-refractivity contribution in [2.24, 2.45) is 5.73 Å². The van der Waals surface area contributed by atoms with E-state index in [4.69, 9.17) is 22.1 Å². The largest absolute Gasteiger partial charge is 0.481 e. The van der Waals surface area contributed by atoms with E-state index in [0.717, 1.165) is 22.3 Å². The first-order valence-corrected chi connectivity index (χ1v) is 10.4. The number of halogens is 1. The van der Waals surface area contributed by atoms with E-state index < -0.39 is 23.9 Å². The zero-order valence-corrected chi connectivity index (χ0v) is 17.5. The predicted octanol–water partition coefficient (Wildman–Crippen LogP) is 4.58. The van der Waals surface area contributed by atoms with Gasteiger partial charge < -0.3 is 15.6 Å². The average Bonchev–Trinajstić information content (AvgIpc) is 3.07. The molecule has 0 spiro atoms. The maximum atomic E-state index is 13.1. The SMILES string of the molecule is N[C@@H](CC(=O)O)[C@@H](C(=O)OCC1c2ccccc2-c2ccccc21)c1ccccc1Cl. The van der Waals surface area contributed by atoms with Gasteiger partial charge in [-0.15, -0.1) is 0 Å². The molecule has 158 valence electrons. The number of carbonyl (C=O) groups excluding carboxylic acids is 1. The Morgan fingerprint density at radius 1 is 0.935 bits per heavy atom. The summed E-state index contributed by atoms with van der Waals surface area (Å²) >= 11 is 6.29. The van der Waals surface area contributed by atoms with Gasteiger partial charge in [-0.05, 0) is 33.9 Å². The second kappa shape index (κ2) is 8.92. The first-order valence-electron chi connectivity index (χ1n) is 10.0. The highest BCUT2D eigenvalue weighted by atomic mass is 35.5. The van der Waals surface area contributed by atoms with Crippen molar-refractivity contribution < 1.29 is 19.4 Å². The molecule has 0 bridgehead atoms. The minimum Gasteiger partial charge on any atom is -0.481 e. The third-order valence-corrected chi connectivity index (χ3v) is 6.03. The predicted molar refractivity (Wildman–Crippen MR) is 119 cm³/mol. The van der Waals surface area contributed by atoms with E-state index in [1.807, 2.05) is 36.4 Å². The molecule has 0 aromatic heterocycles. The van der Waals surface area contributed by atoms with Crippen molar-refractivity contribution in [1.82, 2.24) is 0 Å². The molecule has 0 saturated heterocycles. The maximum absolute atomic E-state index is 13.1. The van der Waals surface area contributed by atoms with Gasteiger partial charge in [0.25, 0.3) is 0 Å². The molecule has 0 aliphatic heterocycles. The number of nitrogens with two attached hydrogens (primary N) is 1. The first-order chi connectivity index (χ1) is 15.0. The van der Waals surface area contributed by atoms with Gasteiger partial charge in [-0.1, -0.05) is 78.3 Å². The number of ether oxygens (including phenoxy) is 1. The Balaban J connectivity index is 1.60. The molecular weight excluding hydrogens is 414 g/mol. The van der Waals surface area contributed by atoms with Crippen LogP contribution in [0.25, 0.3) is 11.1 Å². The molecule has 31 heavy (non-hydrogen) atoms. The van der Waals surface area contributed by atoms with Gasteiger partial charge in [0.15, 0.2) is 0 Å². The van der Waals surface area contributed by atoms with Crippen LogP contribution in [-0.4, -0.2) is 29.7 Å². The number of rotatable bonds is 7. The van der Waals surface area contributed by atoms with Crippen LogP contribution in [0.2, 0.25) is 5.02 Å². The van der Waals surface area contributed by atoms with Gasteiger partial charge in [-0.25, -0.2) is 0 Å². The third-order valence-electron chi connectivity index (χ3n) is 5.69. The lowest BCUT2D eigenvalue weighted by Gasteiger charge is -2.24. The Morgan fingerprint density at radius 2 is 1.48 bits per heavy atom. The molecule has 0 radical (unpaired) electrons. The van der Waals surface area contributed by atoms with Crippen molar-refractivity contribution in [2.45, 2.75) is 24.3 Å². The number of aliphatic carboxylic acids is 1. The average molecular weight is 436 g/mol. The van der Waals surface area contributed by atoms with Gasteiger partial charge in [0.1, 0.15) is 6.61 Å². The lowest BCUT2D eigenvalue weighted by Crippen LogP contribution is -2.37. The van der Waals surface area contributed by atoms with Crippen molar-refractivity contribution in [2.75, 3.05) is 6.61 Å². The van der Waals surface area contributed by atoms with E-state index in [2.05, 4.69) is 12.1 Å². The van der Waals surface area contributed by atoms with Crippen LogP contribution in [0, 0.1) is 0 Å². The van der Waals surface area contributed by atoms with Crippen LogP contribution in [0.5, 0.6) is 0 Å². The smallest absolute Gasteiger partial charge is 0.315 e. The lowest BCUT2D eigenvalue weighted by atomic mass is 9.90. The van der Waals surface area contributed by atoms with Crippen LogP contribution < -0.4 is 5.73 Å². The minimum absolute atomic E-state index is 0.0982. The monoisotopic (exact) mass is 435 g/mol. The Bertz CT molecular complexity index is 1080. The zero-order chi connectivity index (χ0) is 22.0. The van der Waals surface area contributed by atoms with Crippen molar-refractivity contribution >= 4 is 23.5 Å². The molecule has 3 N–H and O–H groups in total.